The van der Waals surface area contributed by atoms with Gasteiger partial charge in [-0.05, 0) is 24.3 Å². The Morgan fingerprint density at radius 3 is 2.35 bits per heavy atom. The predicted octanol–water partition coefficient (Wildman–Crippen LogP) is 4.09. The third-order valence-electron chi connectivity index (χ3n) is 2.25. The van der Waals surface area contributed by atoms with Gasteiger partial charge in [0.15, 0.2) is 5.69 Å². The quantitative estimate of drug-likeness (QED) is 0.908. The van der Waals surface area contributed by atoms with Gasteiger partial charge in [-0.1, -0.05) is 15.9 Å². The van der Waals surface area contributed by atoms with E-state index in [4.69, 9.17) is 4.74 Å². The number of halogens is 4. The summed E-state index contributed by atoms with van der Waals surface area (Å²) in [6.45, 7) is 0. The first-order valence-electron chi connectivity index (χ1n) is 5.46. The van der Waals surface area contributed by atoms with Crippen LogP contribution in [0.1, 0.15) is 5.69 Å². The van der Waals surface area contributed by atoms with Crippen molar-refractivity contribution in [3.05, 3.63) is 40.5 Å². The van der Waals surface area contributed by atoms with E-state index in [2.05, 4.69) is 31.2 Å². The average molecular weight is 348 g/mol. The Hall–Kier alpha value is -1.83. The number of benzene rings is 1. The number of hydrogen-bond acceptors (Lipinski definition) is 4. The Morgan fingerprint density at radius 2 is 1.80 bits per heavy atom. The SMILES string of the molecule is CNc1nc(Oc2ccc(Br)cc2)cc(C(F)(F)F)n1. The van der Waals surface area contributed by atoms with E-state index in [0.29, 0.717) is 5.75 Å². The second-order valence-corrected chi connectivity index (χ2v) is 4.63. The zero-order valence-corrected chi connectivity index (χ0v) is 11.8. The summed E-state index contributed by atoms with van der Waals surface area (Å²) >= 11 is 3.25. The molecule has 0 radical (unpaired) electrons. The molecule has 4 nitrogen and oxygen atoms in total. The molecule has 1 aromatic carbocycles. The molecule has 2 aromatic rings. The van der Waals surface area contributed by atoms with Gasteiger partial charge < -0.3 is 10.1 Å². The first-order valence-corrected chi connectivity index (χ1v) is 6.25. The van der Waals surface area contributed by atoms with Gasteiger partial charge in [-0.2, -0.15) is 18.2 Å². The van der Waals surface area contributed by atoms with E-state index in [0.717, 1.165) is 10.5 Å². The summed E-state index contributed by atoms with van der Waals surface area (Å²) in [5, 5.41) is 2.47. The molecule has 0 aliphatic heterocycles. The molecule has 20 heavy (non-hydrogen) atoms. The van der Waals surface area contributed by atoms with E-state index in [9.17, 15) is 13.2 Å². The zero-order chi connectivity index (χ0) is 14.8. The van der Waals surface area contributed by atoms with Crippen molar-refractivity contribution < 1.29 is 17.9 Å². The maximum Gasteiger partial charge on any atom is 0.433 e. The van der Waals surface area contributed by atoms with Gasteiger partial charge in [0.25, 0.3) is 0 Å². The van der Waals surface area contributed by atoms with Crippen LogP contribution < -0.4 is 10.1 Å². The molecule has 2 rings (SSSR count). The Balaban J connectivity index is 2.33. The number of nitrogens with one attached hydrogen (secondary N) is 1. The average Bonchev–Trinajstić information content (AvgIpc) is 2.40. The van der Waals surface area contributed by atoms with Crippen LogP contribution in [-0.2, 0) is 6.18 Å². The maximum atomic E-state index is 12.7. The lowest BCUT2D eigenvalue weighted by molar-refractivity contribution is -0.141. The highest BCUT2D eigenvalue weighted by Gasteiger charge is 2.34. The minimum Gasteiger partial charge on any atom is -0.439 e. The molecule has 0 bridgehead atoms. The van der Waals surface area contributed by atoms with Crippen LogP contribution in [0.2, 0.25) is 0 Å². The third-order valence-corrected chi connectivity index (χ3v) is 2.78. The minimum absolute atomic E-state index is 0.160. The highest BCUT2D eigenvalue weighted by molar-refractivity contribution is 9.10. The topological polar surface area (TPSA) is 47.0 Å². The van der Waals surface area contributed by atoms with Gasteiger partial charge in [0.2, 0.25) is 11.8 Å². The molecule has 0 unspecified atom stereocenters. The smallest absolute Gasteiger partial charge is 0.433 e. The molecule has 106 valence electrons. The molecular formula is C12H9BrF3N3O. The van der Waals surface area contributed by atoms with Gasteiger partial charge in [0, 0.05) is 17.6 Å². The monoisotopic (exact) mass is 347 g/mol. The summed E-state index contributed by atoms with van der Waals surface area (Å²) in [6.07, 6.45) is -4.56. The molecular weight excluding hydrogens is 339 g/mol. The second kappa shape index (κ2) is 5.66. The van der Waals surface area contributed by atoms with Crippen molar-refractivity contribution in [3.63, 3.8) is 0 Å². The standard InChI is InChI=1S/C12H9BrF3N3O/c1-17-11-18-9(12(14,15)16)6-10(19-11)20-8-4-2-7(13)3-5-8/h2-6H,1H3,(H,17,18,19). The number of aromatic nitrogens is 2. The van der Waals surface area contributed by atoms with Crippen LogP contribution >= 0.6 is 15.9 Å². The van der Waals surface area contributed by atoms with E-state index < -0.39 is 11.9 Å². The van der Waals surface area contributed by atoms with Gasteiger partial charge in [-0.3, -0.25) is 0 Å². The van der Waals surface area contributed by atoms with Crippen molar-refractivity contribution in [1.29, 1.82) is 0 Å². The molecule has 0 aliphatic rings. The fourth-order valence-electron chi connectivity index (χ4n) is 1.36. The van der Waals surface area contributed by atoms with Crippen LogP contribution in [0.5, 0.6) is 11.6 Å². The zero-order valence-electron chi connectivity index (χ0n) is 10.2. The van der Waals surface area contributed by atoms with E-state index >= 15 is 0 Å². The van der Waals surface area contributed by atoms with E-state index in [-0.39, 0.29) is 11.8 Å². The van der Waals surface area contributed by atoms with Crippen molar-refractivity contribution >= 4 is 21.9 Å². The Labute approximate surface area is 121 Å². The van der Waals surface area contributed by atoms with Gasteiger partial charge in [-0.25, -0.2) is 4.98 Å². The lowest BCUT2D eigenvalue weighted by Gasteiger charge is -2.10. The number of hydrogen-bond donors (Lipinski definition) is 1. The maximum absolute atomic E-state index is 12.7. The Bertz CT molecular complexity index is 602. The molecule has 0 atom stereocenters. The largest absolute Gasteiger partial charge is 0.439 e. The molecule has 1 N–H and O–H groups in total. The van der Waals surface area contributed by atoms with Crippen LogP contribution in [0.4, 0.5) is 19.1 Å². The minimum atomic E-state index is -4.56. The summed E-state index contributed by atoms with van der Waals surface area (Å²) < 4.78 is 44.2. The fraction of sp³-hybridized carbons (Fsp3) is 0.167. The van der Waals surface area contributed by atoms with E-state index in [1.54, 1.807) is 24.3 Å². The van der Waals surface area contributed by atoms with Crippen LogP contribution in [0.3, 0.4) is 0 Å². The first-order chi connectivity index (χ1) is 9.38. The molecule has 0 aliphatic carbocycles. The van der Waals surface area contributed by atoms with E-state index in [1.807, 2.05) is 0 Å². The lowest BCUT2D eigenvalue weighted by atomic mass is 10.3. The third kappa shape index (κ3) is 3.60. The molecule has 8 heteroatoms. The predicted molar refractivity (Wildman–Crippen MR) is 70.8 cm³/mol. The fourth-order valence-corrected chi connectivity index (χ4v) is 1.62. The van der Waals surface area contributed by atoms with Crippen LogP contribution in [0.15, 0.2) is 34.8 Å². The molecule has 0 spiro atoms. The summed E-state index contributed by atoms with van der Waals surface area (Å²) in [4.78, 5) is 7.17. The first kappa shape index (κ1) is 14.6. The summed E-state index contributed by atoms with van der Waals surface area (Å²) in [5.74, 6) is 0.0352. The molecule has 0 saturated heterocycles. The highest BCUT2D eigenvalue weighted by Crippen LogP contribution is 2.31. The molecule has 1 aromatic heterocycles. The number of anilines is 1. The van der Waals surface area contributed by atoms with Crippen LogP contribution in [-0.4, -0.2) is 17.0 Å². The van der Waals surface area contributed by atoms with Crippen molar-refractivity contribution in [2.45, 2.75) is 6.18 Å². The second-order valence-electron chi connectivity index (χ2n) is 3.72. The molecule has 1 heterocycles. The Kier molecular flexibility index (Phi) is 4.12. The van der Waals surface area contributed by atoms with Crippen molar-refractivity contribution in [3.8, 4) is 11.6 Å². The molecule has 0 amide bonds. The number of rotatable bonds is 3. The van der Waals surface area contributed by atoms with E-state index in [1.165, 1.54) is 7.05 Å². The van der Waals surface area contributed by atoms with Crippen molar-refractivity contribution in [2.24, 2.45) is 0 Å². The summed E-state index contributed by atoms with van der Waals surface area (Å²) in [7, 11) is 1.43. The lowest BCUT2D eigenvalue weighted by Crippen LogP contribution is -2.11. The van der Waals surface area contributed by atoms with Gasteiger partial charge in [0.1, 0.15) is 5.75 Å². The van der Waals surface area contributed by atoms with Crippen molar-refractivity contribution in [2.75, 3.05) is 12.4 Å². The Morgan fingerprint density at radius 1 is 1.15 bits per heavy atom. The summed E-state index contributed by atoms with van der Waals surface area (Å²) in [6, 6.07) is 7.39. The number of nitrogens with zero attached hydrogens (tertiary/aromatic N) is 2. The normalized spacial score (nSPS) is 11.2. The number of alkyl halides is 3. The van der Waals surface area contributed by atoms with Crippen molar-refractivity contribution in [1.82, 2.24) is 9.97 Å². The molecule has 0 saturated carbocycles. The van der Waals surface area contributed by atoms with Crippen LogP contribution in [0, 0.1) is 0 Å². The highest BCUT2D eigenvalue weighted by atomic mass is 79.9. The van der Waals surface area contributed by atoms with Gasteiger partial charge >= 0.3 is 6.18 Å². The van der Waals surface area contributed by atoms with Gasteiger partial charge in [-0.15, -0.1) is 0 Å². The van der Waals surface area contributed by atoms with Crippen LogP contribution in [0.25, 0.3) is 0 Å². The molecule has 0 fully saturated rings. The van der Waals surface area contributed by atoms with Gasteiger partial charge in [0.05, 0.1) is 0 Å². The summed E-state index contributed by atoms with van der Waals surface area (Å²) in [5.41, 5.74) is -1.07. The number of ether oxygens (including phenoxy) is 1.